The van der Waals surface area contributed by atoms with E-state index in [0.717, 1.165) is 29.3 Å². The fourth-order valence-corrected chi connectivity index (χ4v) is 3.34. The zero-order valence-electron chi connectivity index (χ0n) is 12.6. The Kier molecular flexibility index (Phi) is 4.97. The summed E-state index contributed by atoms with van der Waals surface area (Å²) < 4.78 is 0. The Labute approximate surface area is 125 Å². The maximum absolute atomic E-state index is 11.8. The third-order valence-electron chi connectivity index (χ3n) is 4.64. The van der Waals surface area contributed by atoms with E-state index in [1.807, 2.05) is 17.5 Å². The highest BCUT2D eigenvalue weighted by Gasteiger charge is 2.30. The molecule has 2 rings (SSSR count). The van der Waals surface area contributed by atoms with Crippen LogP contribution < -0.4 is 5.43 Å². The van der Waals surface area contributed by atoms with E-state index < -0.39 is 0 Å². The molecule has 1 aromatic heterocycles. The van der Waals surface area contributed by atoms with E-state index in [-0.39, 0.29) is 5.91 Å². The summed E-state index contributed by atoms with van der Waals surface area (Å²) in [5, 5.41) is 6.21. The third-order valence-corrected chi connectivity index (χ3v) is 5.51. The number of carbonyl (C=O) groups is 1. The molecular formula is C16H24N2OS. The molecule has 1 aromatic rings. The van der Waals surface area contributed by atoms with Gasteiger partial charge < -0.3 is 0 Å². The Balaban J connectivity index is 1.85. The van der Waals surface area contributed by atoms with Gasteiger partial charge in [0.25, 0.3) is 5.91 Å². The number of rotatable bonds is 4. The fraction of sp³-hybridized carbons (Fsp3) is 0.625. The van der Waals surface area contributed by atoms with Crippen LogP contribution in [0.3, 0.4) is 0 Å². The van der Waals surface area contributed by atoms with Crippen molar-refractivity contribution < 1.29 is 4.79 Å². The first kappa shape index (κ1) is 15.2. The molecule has 0 bridgehead atoms. The lowest BCUT2D eigenvalue weighted by Gasteiger charge is -2.36. The Hall–Kier alpha value is -1.16. The molecule has 0 aromatic carbocycles. The van der Waals surface area contributed by atoms with Gasteiger partial charge in [-0.25, -0.2) is 5.43 Å². The number of nitrogens with zero attached hydrogens (tertiary/aromatic N) is 1. The van der Waals surface area contributed by atoms with Crippen LogP contribution in [-0.2, 0) is 0 Å². The lowest BCUT2D eigenvalue weighted by Crippen LogP contribution is -2.29. The number of thiophene rings is 1. The molecule has 1 heterocycles. The van der Waals surface area contributed by atoms with Gasteiger partial charge in [0.1, 0.15) is 0 Å². The first-order valence-corrected chi connectivity index (χ1v) is 8.30. The predicted octanol–water partition coefficient (Wildman–Crippen LogP) is 4.46. The van der Waals surface area contributed by atoms with Crippen LogP contribution in [0.15, 0.2) is 22.6 Å². The molecule has 1 N–H and O–H groups in total. The molecule has 1 fully saturated rings. The zero-order chi connectivity index (χ0) is 14.6. The lowest BCUT2D eigenvalue weighted by molar-refractivity contribution is 0.0958. The second-order valence-electron chi connectivity index (χ2n) is 6.21. The van der Waals surface area contributed by atoms with Crippen molar-refractivity contribution in [3.8, 4) is 0 Å². The van der Waals surface area contributed by atoms with Gasteiger partial charge in [-0.3, -0.25) is 4.79 Å². The minimum absolute atomic E-state index is 0.0940. The largest absolute Gasteiger partial charge is 0.281 e. The standard InChI is InChI=1S/C16H24N2OS/c1-4-16(2,3)12-7-9-13(10-8-12)17-18-15(19)14-6-5-11-20-14/h5-6,11-12H,4,7-10H2,1-3H3,(H,18,19). The number of hydrogen-bond acceptors (Lipinski definition) is 3. The Morgan fingerprint density at radius 3 is 2.70 bits per heavy atom. The summed E-state index contributed by atoms with van der Waals surface area (Å²) >= 11 is 1.44. The van der Waals surface area contributed by atoms with E-state index in [2.05, 4.69) is 31.3 Å². The van der Waals surface area contributed by atoms with E-state index in [1.165, 1.54) is 30.6 Å². The first-order chi connectivity index (χ1) is 9.53. The molecular weight excluding hydrogens is 268 g/mol. The molecule has 0 saturated heterocycles. The summed E-state index contributed by atoms with van der Waals surface area (Å²) in [4.78, 5) is 12.5. The average molecular weight is 292 g/mol. The smallest absolute Gasteiger partial charge is 0.266 e. The molecule has 0 spiro atoms. The van der Waals surface area contributed by atoms with Crippen LogP contribution in [0.5, 0.6) is 0 Å². The monoisotopic (exact) mass is 292 g/mol. The van der Waals surface area contributed by atoms with Crippen LogP contribution in [0.1, 0.15) is 62.5 Å². The van der Waals surface area contributed by atoms with Gasteiger partial charge in [0.15, 0.2) is 0 Å². The van der Waals surface area contributed by atoms with Crippen molar-refractivity contribution >= 4 is 23.0 Å². The lowest BCUT2D eigenvalue weighted by atomic mass is 9.69. The van der Waals surface area contributed by atoms with E-state index >= 15 is 0 Å². The highest BCUT2D eigenvalue weighted by Crippen LogP contribution is 2.39. The van der Waals surface area contributed by atoms with Crippen LogP contribution in [-0.4, -0.2) is 11.6 Å². The zero-order valence-corrected chi connectivity index (χ0v) is 13.4. The molecule has 0 radical (unpaired) electrons. The topological polar surface area (TPSA) is 41.5 Å². The van der Waals surface area contributed by atoms with Gasteiger partial charge in [-0.05, 0) is 48.5 Å². The van der Waals surface area contributed by atoms with Gasteiger partial charge in [0.05, 0.1) is 4.88 Å². The van der Waals surface area contributed by atoms with E-state index in [0.29, 0.717) is 5.41 Å². The van der Waals surface area contributed by atoms with Gasteiger partial charge in [0, 0.05) is 5.71 Å². The quantitative estimate of drug-likeness (QED) is 0.818. The molecule has 3 nitrogen and oxygen atoms in total. The summed E-state index contributed by atoms with van der Waals surface area (Å²) in [5.74, 6) is 0.683. The molecule has 20 heavy (non-hydrogen) atoms. The number of hydrazone groups is 1. The third kappa shape index (κ3) is 3.69. The normalized spacial score (nSPS) is 19.8. The molecule has 0 atom stereocenters. The van der Waals surface area contributed by atoms with Gasteiger partial charge >= 0.3 is 0 Å². The first-order valence-electron chi connectivity index (χ1n) is 7.42. The molecule has 0 aliphatic heterocycles. The SMILES string of the molecule is CCC(C)(C)C1CCC(=NNC(=O)c2cccs2)CC1. The number of nitrogens with one attached hydrogen (secondary N) is 1. The summed E-state index contributed by atoms with van der Waals surface area (Å²) in [6.07, 6.45) is 5.62. The molecule has 1 aliphatic rings. The second kappa shape index (κ2) is 6.53. The van der Waals surface area contributed by atoms with Crippen LogP contribution in [0.4, 0.5) is 0 Å². The fourth-order valence-electron chi connectivity index (χ4n) is 2.73. The second-order valence-corrected chi connectivity index (χ2v) is 7.16. The van der Waals surface area contributed by atoms with Crippen molar-refractivity contribution in [1.29, 1.82) is 0 Å². The highest BCUT2D eigenvalue weighted by atomic mass is 32.1. The number of carbonyl (C=O) groups excluding carboxylic acids is 1. The van der Waals surface area contributed by atoms with Crippen molar-refractivity contribution in [2.75, 3.05) is 0 Å². The number of hydrogen-bond donors (Lipinski definition) is 1. The average Bonchev–Trinajstić information content (AvgIpc) is 2.99. The maximum atomic E-state index is 11.8. The molecule has 4 heteroatoms. The molecule has 1 aliphatic carbocycles. The van der Waals surface area contributed by atoms with Crippen LogP contribution in [0.25, 0.3) is 0 Å². The molecule has 0 unspecified atom stereocenters. The Bertz CT molecular complexity index is 467. The van der Waals surface area contributed by atoms with Crippen LogP contribution in [0.2, 0.25) is 0 Å². The van der Waals surface area contributed by atoms with Gasteiger partial charge in [-0.15, -0.1) is 11.3 Å². The van der Waals surface area contributed by atoms with Crippen LogP contribution in [0, 0.1) is 11.3 Å². The predicted molar refractivity (Wildman–Crippen MR) is 85.3 cm³/mol. The van der Waals surface area contributed by atoms with E-state index in [9.17, 15) is 4.79 Å². The van der Waals surface area contributed by atoms with Crippen molar-refractivity contribution in [1.82, 2.24) is 5.43 Å². The summed E-state index contributed by atoms with van der Waals surface area (Å²) in [6, 6.07) is 3.70. The van der Waals surface area contributed by atoms with Gasteiger partial charge in [0.2, 0.25) is 0 Å². The van der Waals surface area contributed by atoms with Crippen molar-refractivity contribution in [2.45, 2.75) is 52.9 Å². The van der Waals surface area contributed by atoms with Gasteiger partial charge in [-0.1, -0.05) is 33.3 Å². The molecule has 1 amide bonds. The summed E-state index contributed by atoms with van der Waals surface area (Å²) in [5.41, 5.74) is 4.24. The van der Waals surface area contributed by atoms with E-state index in [1.54, 1.807) is 0 Å². The minimum atomic E-state index is -0.0940. The summed E-state index contributed by atoms with van der Waals surface area (Å²) in [6.45, 7) is 6.99. The molecule has 1 saturated carbocycles. The molecule has 110 valence electrons. The van der Waals surface area contributed by atoms with E-state index in [4.69, 9.17) is 0 Å². The van der Waals surface area contributed by atoms with Crippen molar-refractivity contribution in [3.63, 3.8) is 0 Å². The van der Waals surface area contributed by atoms with Crippen LogP contribution >= 0.6 is 11.3 Å². The Morgan fingerprint density at radius 2 is 2.15 bits per heavy atom. The Morgan fingerprint density at radius 1 is 1.45 bits per heavy atom. The number of amides is 1. The minimum Gasteiger partial charge on any atom is -0.266 e. The maximum Gasteiger partial charge on any atom is 0.281 e. The van der Waals surface area contributed by atoms with Crippen molar-refractivity contribution in [3.05, 3.63) is 22.4 Å². The summed E-state index contributed by atoms with van der Waals surface area (Å²) in [7, 11) is 0. The van der Waals surface area contributed by atoms with Gasteiger partial charge in [-0.2, -0.15) is 5.10 Å². The van der Waals surface area contributed by atoms with Crippen molar-refractivity contribution in [2.24, 2.45) is 16.4 Å². The highest BCUT2D eigenvalue weighted by molar-refractivity contribution is 7.12.